The Kier molecular flexibility index (Phi) is 4.30. The normalized spacial score (nSPS) is 34.3. The number of alkyl carbamates (subject to hydrolysis) is 1. The topological polar surface area (TPSA) is 114 Å². The van der Waals surface area contributed by atoms with Gasteiger partial charge in [-0.15, -0.1) is 0 Å². The first-order valence-electron chi connectivity index (χ1n) is 9.04. The highest BCUT2D eigenvalue weighted by Gasteiger charge is 2.69. The van der Waals surface area contributed by atoms with Crippen molar-refractivity contribution >= 4 is 23.8 Å². The fourth-order valence-corrected chi connectivity index (χ4v) is 4.57. The van der Waals surface area contributed by atoms with Crippen LogP contribution >= 0.6 is 0 Å². The summed E-state index contributed by atoms with van der Waals surface area (Å²) in [6, 6.07) is -1.94. The first kappa shape index (κ1) is 19.6. The maximum Gasteiger partial charge on any atom is 0.408 e. The predicted molar refractivity (Wildman–Crippen MR) is 93.5 cm³/mol. The number of piperidine rings is 1. The van der Waals surface area contributed by atoms with Crippen LogP contribution in [0.4, 0.5) is 4.79 Å². The summed E-state index contributed by atoms with van der Waals surface area (Å²) in [6.45, 7) is 8.74. The zero-order valence-electron chi connectivity index (χ0n) is 16.5. The van der Waals surface area contributed by atoms with Crippen LogP contribution in [0.3, 0.4) is 0 Å². The van der Waals surface area contributed by atoms with Gasteiger partial charge in [0.25, 0.3) is 0 Å². The molecule has 0 radical (unpaired) electrons. The summed E-state index contributed by atoms with van der Waals surface area (Å²) in [5, 5.41) is 5.97. The van der Waals surface area contributed by atoms with Crippen LogP contribution in [0.15, 0.2) is 0 Å². The number of rotatable bonds is 2. The molecule has 9 nitrogen and oxygen atoms in total. The van der Waals surface area contributed by atoms with Crippen molar-refractivity contribution in [2.24, 2.45) is 5.92 Å². The Morgan fingerprint density at radius 1 is 1.26 bits per heavy atom. The molecule has 1 spiro atoms. The van der Waals surface area contributed by atoms with Crippen LogP contribution in [0, 0.1) is 5.92 Å². The summed E-state index contributed by atoms with van der Waals surface area (Å²) < 4.78 is 10.1. The lowest BCUT2D eigenvalue weighted by Crippen LogP contribution is -2.80. The lowest BCUT2D eigenvalue weighted by atomic mass is 9.84. The Morgan fingerprint density at radius 2 is 1.89 bits per heavy atom. The van der Waals surface area contributed by atoms with Gasteiger partial charge in [-0.1, -0.05) is 0 Å². The Labute approximate surface area is 158 Å². The third kappa shape index (κ3) is 3.07. The number of nitrogens with one attached hydrogen (secondary N) is 2. The van der Waals surface area contributed by atoms with Gasteiger partial charge < -0.3 is 19.7 Å². The van der Waals surface area contributed by atoms with Gasteiger partial charge in [0.2, 0.25) is 5.91 Å². The van der Waals surface area contributed by atoms with Crippen LogP contribution in [0.25, 0.3) is 0 Å². The van der Waals surface area contributed by atoms with Crippen LogP contribution < -0.4 is 10.6 Å². The number of carbonyl (C=O) groups excluding carboxylic acids is 4. The van der Waals surface area contributed by atoms with Crippen molar-refractivity contribution in [3.63, 3.8) is 0 Å². The second-order valence-electron chi connectivity index (χ2n) is 9.09. The molecule has 2 N–H and O–H groups in total. The molecule has 4 atom stereocenters. The van der Waals surface area contributed by atoms with Crippen molar-refractivity contribution in [1.29, 1.82) is 0 Å². The van der Waals surface area contributed by atoms with E-state index in [1.165, 1.54) is 12.0 Å². The SMILES string of the molecule is COC(=O)[C@@H]1[C@@H]2C[C@]3(CC2=O)NC(C)(C)[C@H](NC(=O)OC(C)(C)C)C(=O)N13. The highest BCUT2D eigenvalue weighted by molar-refractivity contribution is 6.00. The van der Waals surface area contributed by atoms with E-state index in [-0.39, 0.29) is 12.2 Å². The molecule has 9 heteroatoms. The fraction of sp³-hybridized carbons (Fsp3) is 0.778. The smallest absolute Gasteiger partial charge is 0.408 e. The molecule has 2 amide bonds. The Balaban J connectivity index is 1.92. The lowest BCUT2D eigenvalue weighted by Gasteiger charge is -2.54. The minimum Gasteiger partial charge on any atom is -0.467 e. The molecule has 1 saturated carbocycles. The number of Topliss-reactive ketones (excluding diaryl/α,β-unsaturated/α-hetero) is 1. The molecule has 150 valence electrons. The number of esters is 1. The number of fused-ring (bicyclic) bond motifs is 1. The molecule has 0 aromatic rings. The van der Waals surface area contributed by atoms with Gasteiger partial charge in [-0.25, -0.2) is 9.59 Å². The van der Waals surface area contributed by atoms with E-state index in [4.69, 9.17) is 9.47 Å². The minimum absolute atomic E-state index is 0.0590. The van der Waals surface area contributed by atoms with Gasteiger partial charge in [0, 0.05) is 12.0 Å². The maximum absolute atomic E-state index is 13.3. The van der Waals surface area contributed by atoms with Crippen molar-refractivity contribution < 1.29 is 28.7 Å². The first-order valence-corrected chi connectivity index (χ1v) is 9.04. The quantitative estimate of drug-likeness (QED) is 0.662. The average molecular weight is 381 g/mol. The fourth-order valence-electron chi connectivity index (χ4n) is 4.57. The molecule has 0 aromatic carbocycles. The monoisotopic (exact) mass is 381 g/mol. The number of amides is 2. The van der Waals surface area contributed by atoms with Crippen molar-refractivity contribution in [3.05, 3.63) is 0 Å². The predicted octanol–water partition coefficient (Wildman–Crippen LogP) is 0.321. The Hall–Kier alpha value is -2.16. The van der Waals surface area contributed by atoms with Crippen molar-refractivity contribution in [2.75, 3.05) is 7.11 Å². The van der Waals surface area contributed by atoms with E-state index >= 15 is 0 Å². The van der Waals surface area contributed by atoms with Gasteiger partial charge in [-0.05, 0) is 41.0 Å². The molecule has 2 bridgehead atoms. The number of hydrogen-bond donors (Lipinski definition) is 2. The van der Waals surface area contributed by atoms with Gasteiger partial charge in [-0.2, -0.15) is 0 Å². The second kappa shape index (κ2) is 5.92. The zero-order valence-corrected chi connectivity index (χ0v) is 16.5. The zero-order chi connectivity index (χ0) is 20.4. The first-order chi connectivity index (χ1) is 12.3. The number of ether oxygens (including phenoxy) is 2. The van der Waals surface area contributed by atoms with Gasteiger partial charge >= 0.3 is 12.1 Å². The van der Waals surface area contributed by atoms with Crippen LogP contribution in [0.5, 0.6) is 0 Å². The van der Waals surface area contributed by atoms with E-state index < -0.39 is 52.8 Å². The van der Waals surface area contributed by atoms with Crippen molar-refractivity contribution in [3.8, 4) is 0 Å². The number of nitrogens with zero attached hydrogens (tertiary/aromatic N) is 1. The maximum atomic E-state index is 13.3. The van der Waals surface area contributed by atoms with E-state index in [0.29, 0.717) is 6.42 Å². The molecule has 3 rings (SSSR count). The Bertz CT molecular complexity index is 712. The molecule has 3 fully saturated rings. The molecular formula is C18H27N3O6. The molecule has 2 aliphatic heterocycles. The number of methoxy groups -OCH3 is 1. The second-order valence-corrected chi connectivity index (χ2v) is 9.09. The molecule has 2 saturated heterocycles. The van der Waals surface area contributed by atoms with Crippen LogP contribution in [0.2, 0.25) is 0 Å². The largest absolute Gasteiger partial charge is 0.467 e. The van der Waals surface area contributed by atoms with Crippen molar-refractivity contribution in [1.82, 2.24) is 15.5 Å². The van der Waals surface area contributed by atoms with E-state index in [0.717, 1.165) is 0 Å². The van der Waals surface area contributed by atoms with Crippen LogP contribution in [0.1, 0.15) is 47.5 Å². The lowest BCUT2D eigenvalue weighted by molar-refractivity contribution is -0.169. The van der Waals surface area contributed by atoms with Crippen LogP contribution in [-0.2, 0) is 23.9 Å². The van der Waals surface area contributed by atoms with E-state index in [1.807, 2.05) is 0 Å². The molecular weight excluding hydrogens is 354 g/mol. The van der Waals surface area contributed by atoms with Gasteiger partial charge in [0.05, 0.1) is 13.0 Å². The minimum atomic E-state index is -0.977. The highest BCUT2D eigenvalue weighted by Crippen LogP contribution is 2.50. The third-order valence-electron chi connectivity index (χ3n) is 5.42. The summed E-state index contributed by atoms with van der Waals surface area (Å²) in [7, 11) is 1.23. The summed E-state index contributed by atoms with van der Waals surface area (Å²) in [4.78, 5) is 51.7. The number of hydrogen-bond acceptors (Lipinski definition) is 7. The average Bonchev–Trinajstić information content (AvgIpc) is 2.98. The van der Waals surface area contributed by atoms with E-state index in [1.54, 1.807) is 34.6 Å². The summed E-state index contributed by atoms with van der Waals surface area (Å²) in [6.07, 6.45) is -0.221. The van der Waals surface area contributed by atoms with Gasteiger partial charge in [0.15, 0.2) is 0 Å². The van der Waals surface area contributed by atoms with Crippen LogP contribution in [-0.4, -0.2) is 64.6 Å². The number of ketones is 1. The van der Waals surface area contributed by atoms with Gasteiger partial charge in [0.1, 0.15) is 29.1 Å². The standard InChI is InChI=1S/C18H27N3O6/c1-16(2,3)27-15(25)19-12-13(23)21-11(14(24)26-6)9-7-18(21,8-10(9)22)20-17(12,4)5/h9,11-12,20H,7-8H2,1-6H3,(H,19,25)/t9-,11+,12-,18+/m1/s1. The van der Waals surface area contributed by atoms with E-state index in [2.05, 4.69) is 10.6 Å². The van der Waals surface area contributed by atoms with Gasteiger partial charge in [-0.3, -0.25) is 14.9 Å². The molecule has 1 aliphatic carbocycles. The summed E-state index contributed by atoms with van der Waals surface area (Å²) in [5.74, 6) is -1.70. The van der Waals surface area contributed by atoms with E-state index in [9.17, 15) is 19.2 Å². The third-order valence-corrected chi connectivity index (χ3v) is 5.42. The molecule has 0 aromatic heterocycles. The summed E-state index contributed by atoms with van der Waals surface area (Å²) >= 11 is 0. The molecule has 3 aliphatic rings. The highest BCUT2D eigenvalue weighted by atomic mass is 16.6. The molecule has 2 heterocycles. The van der Waals surface area contributed by atoms with Crippen molar-refractivity contribution in [2.45, 2.75) is 76.3 Å². The molecule has 0 unspecified atom stereocenters. The Morgan fingerprint density at radius 3 is 2.44 bits per heavy atom. The number of carbonyl (C=O) groups is 4. The molecule has 27 heavy (non-hydrogen) atoms. The summed E-state index contributed by atoms with van der Waals surface area (Å²) in [5.41, 5.74) is -2.48.